The maximum atomic E-state index is 13.1. The number of piperidine rings is 2. The fourth-order valence-electron chi connectivity index (χ4n) is 7.25. The number of carbonyl (C=O) groups excluding carboxylic acids is 1. The van der Waals surface area contributed by atoms with E-state index in [1.54, 1.807) is 0 Å². The highest BCUT2D eigenvalue weighted by molar-refractivity contribution is 5.94. The van der Waals surface area contributed by atoms with Crippen LogP contribution in [0.15, 0.2) is 91.0 Å². The van der Waals surface area contributed by atoms with Crippen molar-refractivity contribution in [3.8, 4) is 0 Å². The molecule has 3 aliphatic heterocycles. The summed E-state index contributed by atoms with van der Waals surface area (Å²) in [6.07, 6.45) is 8.39. The molecule has 3 heterocycles. The molecule has 2 bridgehead atoms. The van der Waals surface area contributed by atoms with Gasteiger partial charge in [0.1, 0.15) is 0 Å². The molecule has 3 fully saturated rings. The number of para-hydroxylation sites is 1. The smallest absolute Gasteiger partial charge is 0.253 e. The Hall–Kier alpha value is -3.11. The van der Waals surface area contributed by atoms with Gasteiger partial charge in [-0.25, -0.2) is 0 Å². The fourth-order valence-corrected chi connectivity index (χ4v) is 7.25. The number of amides is 1. The van der Waals surface area contributed by atoms with Crippen LogP contribution in [0.4, 0.5) is 5.69 Å². The summed E-state index contributed by atoms with van der Waals surface area (Å²) in [7, 11) is 0. The second kappa shape index (κ2) is 10.7. The number of benzene rings is 3. The summed E-state index contributed by atoms with van der Waals surface area (Å²) < 4.78 is 0. The Bertz CT molecular complexity index is 1140. The Morgan fingerprint density at radius 2 is 1.35 bits per heavy atom. The summed E-state index contributed by atoms with van der Waals surface area (Å²) in [5, 5.41) is 3.81. The third-order valence-corrected chi connectivity index (χ3v) is 9.29. The van der Waals surface area contributed by atoms with Gasteiger partial charge in [-0.05, 0) is 86.7 Å². The summed E-state index contributed by atoms with van der Waals surface area (Å²) in [6.45, 7) is 2.83. The molecule has 6 rings (SSSR count). The lowest BCUT2D eigenvalue weighted by molar-refractivity contribution is 0.0624. The first-order valence-electron chi connectivity index (χ1n) is 14.2. The van der Waals surface area contributed by atoms with Crippen LogP contribution in [0.1, 0.15) is 60.9 Å². The van der Waals surface area contributed by atoms with Gasteiger partial charge < -0.3 is 10.2 Å². The average molecular weight is 494 g/mol. The van der Waals surface area contributed by atoms with Gasteiger partial charge in [0.05, 0.1) is 0 Å². The lowest BCUT2D eigenvalue weighted by Crippen LogP contribution is -2.50. The molecule has 37 heavy (non-hydrogen) atoms. The monoisotopic (exact) mass is 493 g/mol. The van der Waals surface area contributed by atoms with Crippen LogP contribution in [0.5, 0.6) is 0 Å². The van der Waals surface area contributed by atoms with E-state index in [0.29, 0.717) is 18.1 Å². The number of likely N-dealkylation sites (tertiary alicyclic amines) is 1. The van der Waals surface area contributed by atoms with Gasteiger partial charge in [0.25, 0.3) is 5.91 Å². The topological polar surface area (TPSA) is 35.6 Å². The van der Waals surface area contributed by atoms with Crippen molar-refractivity contribution in [3.05, 3.63) is 102 Å². The van der Waals surface area contributed by atoms with Crippen LogP contribution in [0.2, 0.25) is 0 Å². The molecular formula is C33H39N3O. The van der Waals surface area contributed by atoms with Crippen molar-refractivity contribution in [3.63, 3.8) is 0 Å². The van der Waals surface area contributed by atoms with Crippen molar-refractivity contribution >= 4 is 11.6 Å². The number of hydrogen-bond acceptors (Lipinski definition) is 3. The second-order valence-electron chi connectivity index (χ2n) is 11.4. The molecule has 3 saturated heterocycles. The normalized spacial score (nSPS) is 25.1. The van der Waals surface area contributed by atoms with Crippen LogP contribution in [0.25, 0.3) is 0 Å². The van der Waals surface area contributed by atoms with E-state index in [-0.39, 0.29) is 11.3 Å². The maximum absolute atomic E-state index is 13.1. The highest BCUT2D eigenvalue weighted by Crippen LogP contribution is 2.42. The molecule has 0 radical (unpaired) electrons. The molecule has 0 aliphatic carbocycles. The molecule has 4 heteroatoms. The molecular weight excluding hydrogens is 454 g/mol. The van der Waals surface area contributed by atoms with Crippen molar-refractivity contribution in [2.24, 2.45) is 0 Å². The lowest BCUT2D eigenvalue weighted by atomic mass is 9.70. The number of carbonyl (C=O) groups is 1. The molecule has 3 aliphatic rings. The molecule has 4 nitrogen and oxygen atoms in total. The van der Waals surface area contributed by atoms with Gasteiger partial charge in [-0.15, -0.1) is 0 Å². The Labute approximate surface area is 221 Å². The molecule has 192 valence electrons. The van der Waals surface area contributed by atoms with Gasteiger partial charge in [0.2, 0.25) is 0 Å². The fraction of sp³-hybridized carbons (Fsp3) is 0.424. The van der Waals surface area contributed by atoms with Crippen LogP contribution in [-0.4, -0.2) is 53.5 Å². The van der Waals surface area contributed by atoms with Crippen molar-refractivity contribution in [1.82, 2.24) is 9.80 Å². The average Bonchev–Trinajstić information content (AvgIpc) is 3.21. The summed E-state index contributed by atoms with van der Waals surface area (Å²) in [5.41, 5.74) is 3.65. The molecule has 1 amide bonds. The summed E-state index contributed by atoms with van der Waals surface area (Å²) in [5.74, 6) is 0.174. The molecule has 3 aromatic rings. The minimum absolute atomic E-state index is 0.146. The Balaban J connectivity index is 1.12. The number of anilines is 1. The molecule has 1 N–H and O–H groups in total. The van der Waals surface area contributed by atoms with Crippen LogP contribution < -0.4 is 5.32 Å². The Morgan fingerprint density at radius 1 is 0.784 bits per heavy atom. The molecule has 0 aromatic heterocycles. The van der Waals surface area contributed by atoms with Crippen molar-refractivity contribution in [2.75, 3.05) is 25.0 Å². The quantitative estimate of drug-likeness (QED) is 0.416. The summed E-state index contributed by atoms with van der Waals surface area (Å²) in [6, 6.07) is 33.5. The first-order valence-corrected chi connectivity index (χ1v) is 14.2. The van der Waals surface area contributed by atoms with Gasteiger partial charge >= 0.3 is 0 Å². The predicted molar refractivity (Wildman–Crippen MR) is 151 cm³/mol. The third-order valence-electron chi connectivity index (χ3n) is 9.29. The minimum atomic E-state index is 0.146. The van der Waals surface area contributed by atoms with Crippen LogP contribution in [-0.2, 0) is 5.41 Å². The van der Waals surface area contributed by atoms with E-state index in [1.807, 2.05) is 30.3 Å². The first kappa shape index (κ1) is 24.2. The van der Waals surface area contributed by atoms with Crippen molar-refractivity contribution < 1.29 is 4.79 Å². The maximum Gasteiger partial charge on any atom is 0.253 e. The van der Waals surface area contributed by atoms with Gasteiger partial charge in [-0.1, -0.05) is 66.7 Å². The van der Waals surface area contributed by atoms with E-state index < -0.39 is 0 Å². The zero-order chi connectivity index (χ0) is 25.1. The van der Waals surface area contributed by atoms with E-state index in [0.717, 1.165) is 38.0 Å². The predicted octanol–water partition coefficient (Wildman–Crippen LogP) is 6.36. The largest absolute Gasteiger partial charge is 0.382 e. The molecule has 3 atom stereocenters. The highest BCUT2D eigenvalue weighted by Gasteiger charge is 2.43. The zero-order valence-electron chi connectivity index (χ0n) is 21.8. The summed E-state index contributed by atoms with van der Waals surface area (Å²) in [4.78, 5) is 18.0. The van der Waals surface area contributed by atoms with E-state index in [4.69, 9.17) is 0 Å². The van der Waals surface area contributed by atoms with Gasteiger partial charge in [-0.2, -0.15) is 0 Å². The van der Waals surface area contributed by atoms with E-state index >= 15 is 0 Å². The minimum Gasteiger partial charge on any atom is -0.382 e. The van der Waals surface area contributed by atoms with Crippen molar-refractivity contribution in [2.45, 2.75) is 68.5 Å². The Kier molecular flexibility index (Phi) is 7.01. The van der Waals surface area contributed by atoms with Crippen molar-refractivity contribution in [1.29, 1.82) is 0 Å². The highest BCUT2D eigenvalue weighted by atomic mass is 16.2. The van der Waals surface area contributed by atoms with E-state index in [9.17, 15) is 4.79 Å². The standard InChI is InChI=1S/C33H39N3O/c37-32(26-10-4-1-5-11-26)35-21-18-33(19-22-35,27-12-6-2-7-13-27)20-23-36-30-16-17-31(36)25-29(24-30)34-28-14-8-3-9-15-28/h1-15,29-31,34H,16-25H2/t29?,30-,31+. The van der Waals surface area contributed by atoms with E-state index in [1.165, 1.54) is 43.4 Å². The second-order valence-corrected chi connectivity index (χ2v) is 11.4. The van der Waals surface area contributed by atoms with Gasteiger partial charge in [-0.3, -0.25) is 9.69 Å². The number of fused-ring (bicyclic) bond motifs is 2. The number of hydrogen-bond donors (Lipinski definition) is 1. The Morgan fingerprint density at radius 3 is 1.97 bits per heavy atom. The molecule has 0 spiro atoms. The molecule has 1 unspecified atom stereocenters. The SMILES string of the molecule is O=C(c1ccccc1)N1CCC(CCN2[C@@H]3CC[C@H]2CC(Nc2ccccc2)C3)(c2ccccc2)CC1. The van der Waals surface area contributed by atoms with Gasteiger partial charge in [0, 0.05) is 42.5 Å². The number of nitrogens with one attached hydrogen (secondary N) is 1. The molecule has 3 aromatic carbocycles. The van der Waals surface area contributed by atoms with Gasteiger partial charge in [0.15, 0.2) is 0 Å². The van der Waals surface area contributed by atoms with Crippen LogP contribution in [0, 0.1) is 0 Å². The summed E-state index contributed by atoms with van der Waals surface area (Å²) >= 11 is 0. The number of rotatable bonds is 7. The molecule has 0 saturated carbocycles. The lowest BCUT2D eigenvalue weighted by Gasteiger charge is -2.45. The van der Waals surface area contributed by atoms with E-state index in [2.05, 4.69) is 75.8 Å². The van der Waals surface area contributed by atoms with Crippen LogP contribution in [0.3, 0.4) is 0 Å². The van der Waals surface area contributed by atoms with Crippen LogP contribution >= 0.6 is 0 Å². The zero-order valence-corrected chi connectivity index (χ0v) is 21.8. The first-order chi connectivity index (χ1) is 18.2. The third kappa shape index (κ3) is 5.17. The number of nitrogens with zero attached hydrogens (tertiary/aromatic N) is 2.